The average Bonchev–Trinajstić information content (AvgIpc) is 2.91. The van der Waals surface area contributed by atoms with Crippen LogP contribution in [0.2, 0.25) is 0 Å². The normalized spacial score (nSPS) is 11.0. The molecule has 4 nitrogen and oxygen atoms in total. The molecule has 0 aliphatic carbocycles. The Balaban J connectivity index is 2.09. The first-order valence-electron chi connectivity index (χ1n) is 7.87. The number of nitrogens with one attached hydrogen (secondary N) is 1. The van der Waals surface area contributed by atoms with Crippen molar-refractivity contribution in [2.45, 2.75) is 34.1 Å². The Kier molecular flexibility index (Phi) is 3.90. The molecule has 0 spiro atoms. The number of benzene rings is 1. The Morgan fingerprint density at radius 2 is 1.74 bits per heavy atom. The summed E-state index contributed by atoms with van der Waals surface area (Å²) >= 11 is 0. The van der Waals surface area contributed by atoms with Gasteiger partial charge < -0.3 is 5.32 Å². The van der Waals surface area contributed by atoms with Gasteiger partial charge in [-0.15, -0.1) is 0 Å². The van der Waals surface area contributed by atoms with Gasteiger partial charge in [0.05, 0.1) is 5.69 Å². The second kappa shape index (κ2) is 5.88. The minimum atomic E-state index is -0.114. The molecule has 4 heteroatoms. The number of aromatic nitrogens is 2. The van der Waals surface area contributed by atoms with E-state index in [0.29, 0.717) is 5.69 Å². The number of carbonyl (C=O) groups is 1. The van der Waals surface area contributed by atoms with Crippen LogP contribution in [-0.2, 0) is 6.42 Å². The monoisotopic (exact) mass is 307 g/mol. The highest BCUT2D eigenvalue weighted by molar-refractivity contribution is 6.05. The molecule has 0 atom stereocenters. The summed E-state index contributed by atoms with van der Waals surface area (Å²) in [4.78, 5) is 17.6. The summed E-state index contributed by atoms with van der Waals surface area (Å²) in [5.74, 6) is -0.114. The molecule has 0 radical (unpaired) electrons. The van der Waals surface area contributed by atoms with Gasteiger partial charge in [-0.1, -0.05) is 31.2 Å². The topological polar surface area (TPSA) is 46.4 Å². The van der Waals surface area contributed by atoms with Gasteiger partial charge in [0.1, 0.15) is 11.3 Å². The second-order valence-electron chi connectivity index (χ2n) is 5.87. The smallest absolute Gasteiger partial charge is 0.274 e. The number of aryl methyl sites for hydroxylation is 4. The zero-order valence-corrected chi connectivity index (χ0v) is 14.0. The Morgan fingerprint density at radius 1 is 1.09 bits per heavy atom. The van der Waals surface area contributed by atoms with Gasteiger partial charge in [-0.05, 0) is 49.9 Å². The number of hydrogen-bond donors (Lipinski definition) is 1. The van der Waals surface area contributed by atoms with E-state index in [9.17, 15) is 4.79 Å². The number of imidazole rings is 1. The van der Waals surface area contributed by atoms with E-state index < -0.39 is 0 Å². The molecule has 3 aromatic rings. The number of anilines is 1. The third-order valence-corrected chi connectivity index (χ3v) is 4.19. The molecule has 1 amide bonds. The predicted octanol–water partition coefficient (Wildman–Crippen LogP) is 4.07. The zero-order valence-electron chi connectivity index (χ0n) is 14.0. The van der Waals surface area contributed by atoms with Crippen molar-refractivity contribution in [3.63, 3.8) is 0 Å². The second-order valence-corrected chi connectivity index (χ2v) is 5.87. The molecule has 2 aromatic heterocycles. The largest absolute Gasteiger partial charge is 0.320 e. The van der Waals surface area contributed by atoms with Gasteiger partial charge in [-0.3, -0.25) is 9.20 Å². The van der Waals surface area contributed by atoms with Crippen LogP contribution in [0.25, 0.3) is 5.65 Å². The van der Waals surface area contributed by atoms with Crippen molar-refractivity contribution in [2.75, 3.05) is 5.32 Å². The van der Waals surface area contributed by atoms with Gasteiger partial charge in [-0.2, -0.15) is 0 Å². The summed E-state index contributed by atoms with van der Waals surface area (Å²) in [6.07, 6.45) is 2.62. The summed E-state index contributed by atoms with van der Waals surface area (Å²) < 4.78 is 1.89. The third kappa shape index (κ3) is 2.61. The number of para-hydroxylation sites is 1. The highest BCUT2D eigenvalue weighted by Crippen LogP contribution is 2.22. The fraction of sp³-hybridized carbons (Fsp3) is 0.263. The van der Waals surface area contributed by atoms with Gasteiger partial charge >= 0.3 is 0 Å². The van der Waals surface area contributed by atoms with Crippen molar-refractivity contribution >= 4 is 17.2 Å². The summed E-state index contributed by atoms with van der Waals surface area (Å²) in [5, 5.41) is 3.07. The van der Waals surface area contributed by atoms with Crippen LogP contribution < -0.4 is 5.32 Å². The van der Waals surface area contributed by atoms with E-state index in [4.69, 9.17) is 0 Å². The minimum Gasteiger partial charge on any atom is -0.320 e. The third-order valence-electron chi connectivity index (χ3n) is 4.19. The summed E-state index contributed by atoms with van der Waals surface area (Å²) in [6, 6.07) is 9.95. The maximum Gasteiger partial charge on any atom is 0.274 e. The molecule has 1 aromatic carbocycles. The predicted molar refractivity (Wildman–Crippen MR) is 93.2 cm³/mol. The summed E-state index contributed by atoms with van der Waals surface area (Å²) in [5.41, 5.74) is 6.34. The number of carbonyl (C=O) groups excluding carboxylic acids is 1. The first-order valence-corrected chi connectivity index (χ1v) is 7.87. The number of amides is 1. The van der Waals surface area contributed by atoms with Crippen LogP contribution in [0.1, 0.15) is 39.8 Å². The van der Waals surface area contributed by atoms with Crippen LogP contribution >= 0.6 is 0 Å². The standard InChI is InChI=1S/C19H21N3O/c1-5-15-17(22-11-7-10-14(4)18(22)20-15)19(23)21-16-12(2)8-6-9-13(16)3/h6-11H,5H2,1-4H3,(H,21,23). The Hall–Kier alpha value is -2.62. The minimum absolute atomic E-state index is 0.114. The van der Waals surface area contributed by atoms with Crippen molar-refractivity contribution in [3.8, 4) is 0 Å². The van der Waals surface area contributed by atoms with E-state index in [1.54, 1.807) is 0 Å². The van der Waals surface area contributed by atoms with Crippen molar-refractivity contribution < 1.29 is 4.79 Å². The maximum atomic E-state index is 12.9. The first kappa shape index (κ1) is 15.3. The lowest BCUT2D eigenvalue weighted by molar-refractivity contribution is 0.102. The summed E-state index contributed by atoms with van der Waals surface area (Å²) in [7, 11) is 0. The molecule has 1 N–H and O–H groups in total. The molecule has 2 heterocycles. The summed E-state index contributed by atoms with van der Waals surface area (Å²) in [6.45, 7) is 8.03. The van der Waals surface area contributed by atoms with Crippen molar-refractivity contribution in [2.24, 2.45) is 0 Å². The zero-order chi connectivity index (χ0) is 16.6. The fourth-order valence-corrected chi connectivity index (χ4v) is 2.92. The Labute approximate surface area is 136 Å². The number of pyridine rings is 1. The van der Waals surface area contributed by atoms with Crippen molar-refractivity contribution in [3.05, 3.63) is 64.6 Å². The van der Waals surface area contributed by atoms with Crippen LogP contribution in [0.15, 0.2) is 36.5 Å². The van der Waals surface area contributed by atoms with Crippen molar-refractivity contribution in [1.29, 1.82) is 0 Å². The highest BCUT2D eigenvalue weighted by Gasteiger charge is 2.20. The van der Waals surface area contributed by atoms with Crippen LogP contribution in [0, 0.1) is 20.8 Å². The number of rotatable bonds is 3. The molecule has 0 aliphatic heterocycles. The quantitative estimate of drug-likeness (QED) is 0.792. The molecule has 23 heavy (non-hydrogen) atoms. The van der Waals surface area contributed by atoms with E-state index in [2.05, 4.69) is 10.3 Å². The molecule has 0 bridgehead atoms. The van der Waals surface area contributed by atoms with E-state index in [0.717, 1.165) is 40.1 Å². The molecule has 0 fully saturated rings. The fourth-order valence-electron chi connectivity index (χ4n) is 2.92. The molecule has 0 unspecified atom stereocenters. The Bertz CT molecular complexity index is 873. The molecular formula is C19H21N3O. The molecule has 118 valence electrons. The molecule has 0 saturated heterocycles. The van der Waals surface area contributed by atoms with Gasteiger partial charge in [0.2, 0.25) is 0 Å². The van der Waals surface area contributed by atoms with Crippen LogP contribution in [-0.4, -0.2) is 15.3 Å². The number of fused-ring (bicyclic) bond motifs is 1. The van der Waals surface area contributed by atoms with Gasteiger partial charge in [0.15, 0.2) is 0 Å². The molecule has 3 rings (SSSR count). The van der Waals surface area contributed by atoms with Crippen LogP contribution in [0.5, 0.6) is 0 Å². The number of nitrogens with zero attached hydrogens (tertiary/aromatic N) is 2. The highest BCUT2D eigenvalue weighted by atomic mass is 16.2. The maximum absolute atomic E-state index is 12.9. The van der Waals surface area contributed by atoms with Crippen LogP contribution in [0.3, 0.4) is 0 Å². The number of hydrogen-bond acceptors (Lipinski definition) is 2. The van der Waals surface area contributed by atoms with E-state index in [-0.39, 0.29) is 5.91 Å². The Morgan fingerprint density at radius 3 is 2.39 bits per heavy atom. The van der Waals surface area contributed by atoms with E-state index in [1.165, 1.54) is 0 Å². The first-order chi connectivity index (χ1) is 11.0. The molecular weight excluding hydrogens is 286 g/mol. The van der Waals surface area contributed by atoms with E-state index in [1.807, 2.05) is 68.6 Å². The van der Waals surface area contributed by atoms with E-state index >= 15 is 0 Å². The van der Waals surface area contributed by atoms with Crippen molar-refractivity contribution in [1.82, 2.24) is 9.38 Å². The SMILES string of the molecule is CCc1nc2c(C)cccn2c1C(=O)Nc1c(C)cccc1C. The lowest BCUT2D eigenvalue weighted by atomic mass is 10.1. The van der Waals surface area contributed by atoms with Gasteiger partial charge in [-0.25, -0.2) is 4.98 Å². The average molecular weight is 307 g/mol. The lowest BCUT2D eigenvalue weighted by Gasteiger charge is -2.12. The molecule has 0 saturated carbocycles. The van der Waals surface area contributed by atoms with Gasteiger partial charge in [0, 0.05) is 11.9 Å². The lowest BCUT2D eigenvalue weighted by Crippen LogP contribution is -2.17. The van der Waals surface area contributed by atoms with Crippen LogP contribution in [0.4, 0.5) is 5.69 Å². The molecule has 0 aliphatic rings. The van der Waals surface area contributed by atoms with Gasteiger partial charge in [0.25, 0.3) is 5.91 Å².